The van der Waals surface area contributed by atoms with Crippen LogP contribution >= 0.6 is 24.0 Å². The van der Waals surface area contributed by atoms with Gasteiger partial charge in [-0.3, -0.25) is 9.89 Å². The van der Waals surface area contributed by atoms with E-state index in [4.69, 9.17) is 0 Å². The molecule has 1 aromatic rings. The third-order valence-electron chi connectivity index (χ3n) is 5.34. The summed E-state index contributed by atoms with van der Waals surface area (Å²) in [4.78, 5) is 7.24. The van der Waals surface area contributed by atoms with Crippen LogP contribution in [-0.2, 0) is 0 Å². The maximum Gasteiger partial charge on any atom is 0.401 e. The Kier molecular flexibility index (Phi) is 8.95. The Morgan fingerprint density at radius 1 is 1.13 bits per heavy atom. The maximum atomic E-state index is 14.0. The molecule has 3 rings (SSSR count). The summed E-state index contributed by atoms with van der Waals surface area (Å²) in [6, 6.07) is 3.78. The molecule has 2 heterocycles. The zero-order chi connectivity index (χ0) is 21.0. The van der Waals surface area contributed by atoms with Gasteiger partial charge in [0.1, 0.15) is 17.3 Å². The third kappa shape index (κ3) is 6.82. The lowest BCUT2D eigenvalue weighted by atomic mass is 10.1. The summed E-state index contributed by atoms with van der Waals surface area (Å²) in [5.74, 6) is -0.515. The summed E-state index contributed by atoms with van der Waals surface area (Å²) >= 11 is 0. The number of rotatable bonds is 5. The number of para-hydroxylation sites is 1. The number of anilines is 1. The lowest BCUT2D eigenvalue weighted by Crippen LogP contribution is -2.46. The van der Waals surface area contributed by atoms with Crippen LogP contribution in [0, 0.1) is 17.6 Å². The van der Waals surface area contributed by atoms with Crippen LogP contribution in [0.15, 0.2) is 23.2 Å². The summed E-state index contributed by atoms with van der Waals surface area (Å²) < 4.78 is 65.4. The van der Waals surface area contributed by atoms with Gasteiger partial charge < -0.3 is 15.5 Å². The number of hydrogen-bond acceptors (Lipinski definition) is 3. The van der Waals surface area contributed by atoms with Crippen molar-refractivity contribution in [1.82, 2.24) is 15.5 Å². The summed E-state index contributed by atoms with van der Waals surface area (Å²) in [6.07, 6.45) is -2.78. The fourth-order valence-corrected chi connectivity index (χ4v) is 3.98. The first-order chi connectivity index (χ1) is 13.7. The summed E-state index contributed by atoms with van der Waals surface area (Å²) in [7, 11) is 1.61. The molecule has 2 atom stereocenters. The Morgan fingerprint density at radius 3 is 2.47 bits per heavy atom. The Hall–Kier alpha value is -1.37. The smallest absolute Gasteiger partial charge is 0.365 e. The largest absolute Gasteiger partial charge is 0.401 e. The molecule has 0 amide bonds. The van der Waals surface area contributed by atoms with E-state index in [9.17, 15) is 22.0 Å². The van der Waals surface area contributed by atoms with Crippen LogP contribution in [-0.4, -0.2) is 69.4 Å². The van der Waals surface area contributed by atoms with Crippen molar-refractivity contribution in [2.24, 2.45) is 10.9 Å². The molecule has 5 nitrogen and oxygen atoms in total. The van der Waals surface area contributed by atoms with Gasteiger partial charge in [-0.25, -0.2) is 8.78 Å². The number of hydrogen-bond donors (Lipinski definition) is 2. The number of guanidine groups is 1. The molecular formula is C19H27F5IN5. The molecule has 170 valence electrons. The Labute approximate surface area is 190 Å². The second kappa shape index (κ2) is 10.8. The van der Waals surface area contributed by atoms with E-state index in [1.807, 2.05) is 0 Å². The van der Waals surface area contributed by atoms with Crippen molar-refractivity contribution in [2.75, 3.05) is 51.2 Å². The topological polar surface area (TPSA) is 42.9 Å². The van der Waals surface area contributed by atoms with Crippen molar-refractivity contribution in [3.63, 3.8) is 0 Å². The van der Waals surface area contributed by atoms with Gasteiger partial charge >= 0.3 is 6.18 Å². The Morgan fingerprint density at radius 2 is 1.83 bits per heavy atom. The SMILES string of the molecule is CN=C(NCC1CCN(CC(F)(F)F)C1)NC1CCN(c2c(F)cccc2F)C1.I. The predicted octanol–water partition coefficient (Wildman–Crippen LogP) is 3.21. The molecule has 2 unspecified atom stereocenters. The van der Waals surface area contributed by atoms with E-state index in [-0.39, 0.29) is 41.6 Å². The zero-order valence-corrected chi connectivity index (χ0v) is 19.0. The molecule has 2 N–H and O–H groups in total. The standard InChI is InChI=1S/C19H26F5N5.HI/c1-25-18(26-9-13-5-7-28(10-13)12-19(22,23)24)27-14-6-8-29(11-14)17-15(20)3-2-4-16(17)21;/h2-4,13-14H,5-12H2,1H3,(H2,25,26,27);1H. The van der Waals surface area contributed by atoms with Crippen molar-refractivity contribution in [3.05, 3.63) is 29.8 Å². The van der Waals surface area contributed by atoms with E-state index >= 15 is 0 Å². The molecule has 2 aliphatic rings. The van der Waals surface area contributed by atoms with Crippen LogP contribution in [0.2, 0.25) is 0 Å². The van der Waals surface area contributed by atoms with Crippen LogP contribution < -0.4 is 15.5 Å². The van der Waals surface area contributed by atoms with Crippen LogP contribution in [0.5, 0.6) is 0 Å². The predicted molar refractivity (Wildman–Crippen MR) is 117 cm³/mol. The van der Waals surface area contributed by atoms with Gasteiger partial charge in [0.05, 0.1) is 6.54 Å². The average Bonchev–Trinajstić information content (AvgIpc) is 3.26. The summed E-state index contributed by atoms with van der Waals surface area (Å²) in [5, 5.41) is 6.40. The number of halogens is 6. The molecule has 0 spiro atoms. The number of benzene rings is 1. The molecule has 0 aliphatic carbocycles. The molecule has 0 saturated carbocycles. The average molecular weight is 547 g/mol. The molecule has 11 heteroatoms. The van der Waals surface area contributed by atoms with E-state index in [1.165, 1.54) is 23.1 Å². The van der Waals surface area contributed by atoms with Gasteiger partial charge in [0.25, 0.3) is 0 Å². The van der Waals surface area contributed by atoms with Gasteiger partial charge in [0, 0.05) is 39.3 Å². The van der Waals surface area contributed by atoms with E-state index < -0.39 is 24.4 Å². The lowest BCUT2D eigenvalue weighted by molar-refractivity contribution is -0.143. The minimum atomic E-state index is -4.17. The highest BCUT2D eigenvalue weighted by Crippen LogP contribution is 2.27. The van der Waals surface area contributed by atoms with E-state index in [1.54, 1.807) is 11.9 Å². The molecule has 0 aromatic heterocycles. The highest BCUT2D eigenvalue weighted by atomic mass is 127. The van der Waals surface area contributed by atoms with Crippen molar-refractivity contribution in [1.29, 1.82) is 0 Å². The second-order valence-electron chi connectivity index (χ2n) is 7.60. The third-order valence-corrected chi connectivity index (χ3v) is 5.34. The van der Waals surface area contributed by atoms with E-state index in [2.05, 4.69) is 15.6 Å². The number of alkyl halides is 3. The zero-order valence-electron chi connectivity index (χ0n) is 16.7. The first-order valence-electron chi connectivity index (χ1n) is 9.70. The fraction of sp³-hybridized carbons (Fsp3) is 0.632. The van der Waals surface area contributed by atoms with Crippen LogP contribution in [0.1, 0.15) is 12.8 Å². The molecule has 2 fully saturated rings. The minimum absolute atomic E-state index is 0. The molecular weight excluding hydrogens is 520 g/mol. The first-order valence-corrected chi connectivity index (χ1v) is 9.70. The van der Waals surface area contributed by atoms with Crippen LogP contribution in [0.4, 0.5) is 27.6 Å². The van der Waals surface area contributed by atoms with Crippen LogP contribution in [0.3, 0.4) is 0 Å². The van der Waals surface area contributed by atoms with Gasteiger partial charge in [-0.05, 0) is 37.4 Å². The highest BCUT2D eigenvalue weighted by Gasteiger charge is 2.34. The maximum absolute atomic E-state index is 14.0. The highest BCUT2D eigenvalue weighted by molar-refractivity contribution is 14.0. The van der Waals surface area contributed by atoms with Gasteiger partial charge in [-0.15, -0.1) is 24.0 Å². The van der Waals surface area contributed by atoms with Crippen LogP contribution in [0.25, 0.3) is 0 Å². The molecule has 1 aromatic carbocycles. The summed E-state index contributed by atoms with van der Waals surface area (Å²) in [6.45, 7) is 1.42. The van der Waals surface area contributed by atoms with Crippen molar-refractivity contribution in [3.8, 4) is 0 Å². The van der Waals surface area contributed by atoms with Crippen molar-refractivity contribution >= 4 is 35.6 Å². The van der Waals surface area contributed by atoms with Gasteiger partial charge in [-0.2, -0.15) is 13.2 Å². The Balaban J connectivity index is 0.00000320. The van der Waals surface area contributed by atoms with E-state index in [0.29, 0.717) is 51.5 Å². The molecule has 0 bridgehead atoms. The van der Waals surface area contributed by atoms with Crippen molar-refractivity contribution < 1.29 is 22.0 Å². The Bertz CT molecular complexity index is 710. The fourth-order valence-electron chi connectivity index (χ4n) is 3.98. The molecule has 0 radical (unpaired) electrons. The number of likely N-dealkylation sites (tertiary alicyclic amines) is 1. The van der Waals surface area contributed by atoms with Gasteiger partial charge in [0.2, 0.25) is 0 Å². The number of nitrogens with zero attached hydrogens (tertiary/aromatic N) is 3. The number of aliphatic imine (C=N–C) groups is 1. The summed E-state index contributed by atoms with van der Waals surface area (Å²) in [5.41, 5.74) is -0.0181. The van der Waals surface area contributed by atoms with E-state index in [0.717, 1.165) is 0 Å². The molecule has 2 saturated heterocycles. The molecule has 30 heavy (non-hydrogen) atoms. The van der Waals surface area contributed by atoms with Gasteiger partial charge in [0.15, 0.2) is 5.96 Å². The lowest BCUT2D eigenvalue weighted by Gasteiger charge is -2.22. The normalized spacial score (nSPS) is 22.9. The monoisotopic (exact) mass is 547 g/mol. The minimum Gasteiger partial charge on any atom is -0.365 e. The first kappa shape index (κ1) is 24.9. The quantitative estimate of drug-likeness (QED) is 0.257. The second-order valence-corrected chi connectivity index (χ2v) is 7.60. The van der Waals surface area contributed by atoms with Gasteiger partial charge in [-0.1, -0.05) is 6.07 Å². The van der Waals surface area contributed by atoms with Crippen molar-refractivity contribution in [2.45, 2.75) is 25.1 Å². The molecule has 2 aliphatic heterocycles. The number of nitrogens with one attached hydrogen (secondary N) is 2.